The van der Waals surface area contributed by atoms with E-state index in [0.29, 0.717) is 22.8 Å². The van der Waals surface area contributed by atoms with Gasteiger partial charge in [0, 0.05) is 12.1 Å². The van der Waals surface area contributed by atoms with E-state index >= 15 is 0 Å². The summed E-state index contributed by atoms with van der Waals surface area (Å²) in [5.41, 5.74) is 0.645. The standard InChI is InChI=1S/C14H13ClN4O4/c15-10-5-2-1-4-9(10)12-17-14(23-18-12)22-7-3-6-19-11(20)8-16-13(19)21/h1-2,4-5H,3,6-8H2,(H,16,21). The van der Waals surface area contributed by atoms with E-state index in [0.717, 1.165) is 4.90 Å². The van der Waals surface area contributed by atoms with Crippen LogP contribution in [0.5, 0.6) is 6.08 Å². The zero-order valence-corrected chi connectivity index (χ0v) is 12.7. The molecule has 23 heavy (non-hydrogen) atoms. The number of carbonyl (C=O) groups is 2. The Kier molecular flexibility index (Phi) is 4.42. The summed E-state index contributed by atoms with van der Waals surface area (Å²) in [5, 5.41) is 6.76. The van der Waals surface area contributed by atoms with Crippen molar-refractivity contribution in [2.24, 2.45) is 0 Å². The maximum absolute atomic E-state index is 11.4. The monoisotopic (exact) mass is 336 g/mol. The Morgan fingerprint density at radius 2 is 2.17 bits per heavy atom. The van der Waals surface area contributed by atoms with Gasteiger partial charge in [-0.3, -0.25) is 14.2 Å². The maximum atomic E-state index is 11.4. The lowest BCUT2D eigenvalue weighted by atomic mass is 10.2. The largest absolute Gasteiger partial charge is 0.449 e. The normalized spacial score (nSPS) is 14.2. The molecule has 1 N–H and O–H groups in total. The molecule has 9 heteroatoms. The van der Waals surface area contributed by atoms with Crippen LogP contribution in [0.4, 0.5) is 4.79 Å². The number of benzene rings is 1. The lowest BCUT2D eigenvalue weighted by Gasteiger charge is -2.11. The van der Waals surface area contributed by atoms with Gasteiger partial charge < -0.3 is 10.1 Å². The lowest BCUT2D eigenvalue weighted by Crippen LogP contribution is -2.32. The van der Waals surface area contributed by atoms with Crippen LogP contribution < -0.4 is 10.1 Å². The SMILES string of the molecule is O=C1CNC(=O)N1CCCOc1nc(-c2ccccc2Cl)no1. The predicted octanol–water partition coefficient (Wildman–Crippen LogP) is 1.71. The number of nitrogens with zero attached hydrogens (tertiary/aromatic N) is 3. The Bertz CT molecular complexity index is 717. The molecule has 0 saturated carbocycles. The third-order valence-corrected chi connectivity index (χ3v) is 3.54. The van der Waals surface area contributed by atoms with Crippen LogP contribution in [0.2, 0.25) is 5.02 Å². The Morgan fingerprint density at radius 3 is 2.91 bits per heavy atom. The fourth-order valence-electron chi connectivity index (χ4n) is 2.08. The highest BCUT2D eigenvalue weighted by Gasteiger charge is 2.27. The molecule has 0 radical (unpaired) electrons. The van der Waals surface area contributed by atoms with Crippen LogP contribution in [0.25, 0.3) is 11.4 Å². The molecule has 0 aliphatic carbocycles. The molecule has 1 aromatic carbocycles. The van der Waals surface area contributed by atoms with Crippen molar-refractivity contribution in [3.8, 4) is 17.5 Å². The minimum Gasteiger partial charge on any atom is -0.449 e. The molecule has 1 aliphatic heterocycles. The van der Waals surface area contributed by atoms with E-state index in [2.05, 4.69) is 15.5 Å². The fourth-order valence-corrected chi connectivity index (χ4v) is 2.30. The molecule has 2 aromatic rings. The van der Waals surface area contributed by atoms with Crippen LogP contribution in [0.15, 0.2) is 28.8 Å². The number of halogens is 1. The number of hydrogen-bond acceptors (Lipinski definition) is 6. The number of nitrogens with one attached hydrogen (secondary N) is 1. The summed E-state index contributed by atoms with van der Waals surface area (Å²) in [6, 6.07) is 6.74. The molecule has 3 rings (SSSR count). The molecule has 1 saturated heterocycles. The molecule has 2 heterocycles. The number of imide groups is 1. The number of ether oxygens (including phenoxy) is 1. The summed E-state index contributed by atoms with van der Waals surface area (Å²) >= 11 is 6.06. The third kappa shape index (κ3) is 3.42. The molecule has 1 fully saturated rings. The predicted molar refractivity (Wildman–Crippen MR) is 80.0 cm³/mol. The van der Waals surface area contributed by atoms with Crippen molar-refractivity contribution < 1.29 is 18.8 Å². The summed E-state index contributed by atoms with van der Waals surface area (Å²) in [6.45, 7) is 0.557. The lowest BCUT2D eigenvalue weighted by molar-refractivity contribution is -0.125. The second-order valence-electron chi connectivity index (χ2n) is 4.77. The van der Waals surface area contributed by atoms with E-state index in [4.69, 9.17) is 20.9 Å². The van der Waals surface area contributed by atoms with Gasteiger partial charge in [-0.2, -0.15) is 4.98 Å². The van der Waals surface area contributed by atoms with Crippen molar-refractivity contribution in [3.05, 3.63) is 29.3 Å². The van der Waals surface area contributed by atoms with Gasteiger partial charge in [0.2, 0.25) is 11.7 Å². The molecule has 1 aromatic heterocycles. The van der Waals surface area contributed by atoms with E-state index in [1.54, 1.807) is 18.2 Å². The van der Waals surface area contributed by atoms with Crippen molar-refractivity contribution in [3.63, 3.8) is 0 Å². The van der Waals surface area contributed by atoms with Crippen LogP contribution in [0.1, 0.15) is 6.42 Å². The summed E-state index contributed by atoms with van der Waals surface area (Å²) in [5.74, 6) is 0.0912. The molecule has 8 nitrogen and oxygen atoms in total. The molecule has 120 valence electrons. The third-order valence-electron chi connectivity index (χ3n) is 3.21. The Morgan fingerprint density at radius 1 is 1.35 bits per heavy atom. The Balaban J connectivity index is 1.51. The van der Waals surface area contributed by atoms with E-state index < -0.39 is 0 Å². The van der Waals surface area contributed by atoms with Crippen molar-refractivity contribution in [2.45, 2.75) is 6.42 Å². The maximum Gasteiger partial charge on any atom is 0.417 e. The van der Waals surface area contributed by atoms with Crippen LogP contribution >= 0.6 is 11.6 Å². The molecule has 0 unspecified atom stereocenters. The zero-order valence-electron chi connectivity index (χ0n) is 12.0. The Labute approximate surface area is 136 Å². The van der Waals surface area contributed by atoms with Crippen molar-refractivity contribution >= 4 is 23.5 Å². The second kappa shape index (κ2) is 6.66. The average Bonchev–Trinajstić information content (AvgIpc) is 3.13. The average molecular weight is 337 g/mol. The summed E-state index contributed by atoms with van der Waals surface area (Å²) in [6.07, 6.45) is 0.472. The van der Waals surface area contributed by atoms with Crippen molar-refractivity contribution in [2.75, 3.05) is 19.7 Å². The molecule has 0 spiro atoms. The van der Waals surface area contributed by atoms with Gasteiger partial charge in [0.25, 0.3) is 0 Å². The van der Waals surface area contributed by atoms with Crippen LogP contribution in [0, 0.1) is 0 Å². The quantitative estimate of drug-likeness (QED) is 0.637. The van der Waals surface area contributed by atoms with Gasteiger partial charge in [0.15, 0.2) is 0 Å². The van der Waals surface area contributed by atoms with Gasteiger partial charge in [-0.25, -0.2) is 4.79 Å². The van der Waals surface area contributed by atoms with Gasteiger partial charge in [0.05, 0.1) is 18.2 Å². The summed E-state index contributed by atoms with van der Waals surface area (Å²) < 4.78 is 10.3. The highest BCUT2D eigenvalue weighted by Crippen LogP contribution is 2.26. The number of hydrogen-bond donors (Lipinski definition) is 1. The zero-order chi connectivity index (χ0) is 16.2. The fraction of sp³-hybridized carbons (Fsp3) is 0.286. The van der Waals surface area contributed by atoms with Crippen LogP contribution in [-0.2, 0) is 4.79 Å². The number of aromatic nitrogens is 2. The second-order valence-corrected chi connectivity index (χ2v) is 5.18. The van der Waals surface area contributed by atoms with Crippen LogP contribution in [0.3, 0.4) is 0 Å². The van der Waals surface area contributed by atoms with Gasteiger partial charge in [-0.1, -0.05) is 28.9 Å². The van der Waals surface area contributed by atoms with Gasteiger partial charge in [-0.15, -0.1) is 0 Å². The number of carbonyl (C=O) groups excluding carboxylic acids is 2. The Hall–Kier alpha value is -2.61. The summed E-state index contributed by atoms with van der Waals surface area (Å²) in [4.78, 5) is 28.0. The smallest absolute Gasteiger partial charge is 0.417 e. The molecule has 3 amide bonds. The molecule has 0 atom stereocenters. The highest BCUT2D eigenvalue weighted by atomic mass is 35.5. The topological polar surface area (TPSA) is 97.6 Å². The van der Waals surface area contributed by atoms with E-state index in [-0.39, 0.29) is 37.7 Å². The van der Waals surface area contributed by atoms with Gasteiger partial charge in [0.1, 0.15) is 0 Å². The number of urea groups is 1. The van der Waals surface area contributed by atoms with Crippen molar-refractivity contribution in [1.82, 2.24) is 20.4 Å². The van der Waals surface area contributed by atoms with Crippen molar-refractivity contribution in [1.29, 1.82) is 0 Å². The van der Waals surface area contributed by atoms with E-state index in [9.17, 15) is 9.59 Å². The highest BCUT2D eigenvalue weighted by molar-refractivity contribution is 6.33. The first kappa shape index (κ1) is 15.3. The summed E-state index contributed by atoms with van der Waals surface area (Å²) in [7, 11) is 0. The first-order chi connectivity index (χ1) is 11.1. The molecular formula is C14H13ClN4O4. The van der Waals surface area contributed by atoms with E-state index in [1.807, 2.05) is 6.07 Å². The first-order valence-corrected chi connectivity index (χ1v) is 7.32. The van der Waals surface area contributed by atoms with Gasteiger partial charge >= 0.3 is 12.1 Å². The molecular weight excluding hydrogens is 324 g/mol. The van der Waals surface area contributed by atoms with Gasteiger partial charge in [-0.05, 0) is 18.6 Å². The first-order valence-electron chi connectivity index (χ1n) is 6.95. The minimum absolute atomic E-state index is 0.0112. The van der Waals surface area contributed by atoms with E-state index in [1.165, 1.54) is 0 Å². The van der Waals surface area contributed by atoms with Crippen LogP contribution in [-0.4, -0.2) is 46.7 Å². The minimum atomic E-state index is -0.381. The number of rotatable bonds is 6. The number of amides is 3. The molecule has 1 aliphatic rings. The molecule has 0 bridgehead atoms.